The van der Waals surface area contributed by atoms with Gasteiger partial charge in [0.1, 0.15) is 5.52 Å². The normalized spacial score (nSPS) is 10.8. The summed E-state index contributed by atoms with van der Waals surface area (Å²) < 4.78 is 1.96. The Morgan fingerprint density at radius 1 is 1.27 bits per heavy atom. The molecule has 0 aliphatic carbocycles. The third-order valence-electron chi connectivity index (χ3n) is 3.25. The number of imidazole rings is 1. The van der Waals surface area contributed by atoms with Crippen LogP contribution in [-0.4, -0.2) is 37.2 Å². The van der Waals surface area contributed by atoms with Gasteiger partial charge in [-0.25, -0.2) is 9.97 Å². The molecule has 0 aliphatic rings. The van der Waals surface area contributed by atoms with Gasteiger partial charge < -0.3 is 9.88 Å². The van der Waals surface area contributed by atoms with E-state index in [0.717, 1.165) is 18.5 Å². The van der Waals surface area contributed by atoms with Gasteiger partial charge in [-0.1, -0.05) is 6.07 Å². The van der Waals surface area contributed by atoms with Crippen LogP contribution in [0.15, 0.2) is 36.9 Å². The van der Waals surface area contributed by atoms with Crippen molar-refractivity contribution in [2.24, 2.45) is 0 Å². The molecule has 1 N–H and O–H groups in total. The average Bonchev–Trinajstić information content (AvgIpc) is 3.04. The number of hydrogen-bond donors (Lipinski definition) is 1. The fourth-order valence-electron chi connectivity index (χ4n) is 2.10. The van der Waals surface area contributed by atoms with Crippen molar-refractivity contribution in [3.8, 4) is 0 Å². The number of nitrogens with zero attached hydrogens (tertiary/aromatic N) is 5. The van der Waals surface area contributed by atoms with E-state index in [-0.39, 0.29) is 11.7 Å². The molecule has 2 aromatic heterocycles. The van der Waals surface area contributed by atoms with Crippen LogP contribution in [0.4, 0.5) is 0 Å². The predicted molar refractivity (Wildman–Crippen MR) is 81.2 cm³/mol. The summed E-state index contributed by atoms with van der Waals surface area (Å²) in [6.07, 6.45) is 6.18. The zero-order chi connectivity index (χ0) is 15.4. The van der Waals surface area contributed by atoms with E-state index in [1.54, 1.807) is 12.5 Å². The van der Waals surface area contributed by atoms with Gasteiger partial charge in [0, 0.05) is 25.5 Å². The van der Waals surface area contributed by atoms with Crippen molar-refractivity contribution in [3.63, 3.8) is 0 Å². The summed E-state index contributed by atoms with van der Waals surface area (Å²) in [5.74, 6) is -0.206. The molecule has 0 fully saturated rings. The van der Waals surface area contributed by atoms with Crippen molar-refractivity contribution in [2.75, 3.05) is 6.54 Å². The largest absolute Gasteiger partial charge is 0.349 e. The van der Waals surface area contributed by atoms with Crippen LogP contribution in [0.5, 0.6) is 0 Å². The Bertz CT molecular complexity index is 784. The van der Waals surface area contributed by atoms with E-state index < -0.39 is 0 Å². The van der Waals surface area contributed by atoms with Gasteiger partial charge in [-0.3, -0.25) is 4.79 Å². The van der Waals surface area contributed by atoms with Crippen LogP contribution < -0.4 is 5.32 Å². The molecule has 7 nitrogen and oxygen atoms in total. The Morgan fingerprint density at radius 3 is 3.00 bits per heavy atom. The minimum absolute atomic E-state index is 0.0979. The monoisotopic (exact) mass is 296 g/mol. The molecule has 0 atom stereocenters. The van der Waals surface area contributed by atoms with E-state index in [2.05, 4.69) is 25.5 Å². The predicted octanol–water partition coefficient (Wildman–Crippen LogP) is 1.35. The molecule has 22 heavy (non-hydrogen) atoms. The highest BCUT2D eigenvalue weighted by molar-refractivity contribution is 5.91. The second kappa shape index (κ2) is 6.30. The lowest BCUT2D eigenvalue weighted by molar-refractivity contribution is 0.0941. The summed E-state index contributed by atoms with van der Waals surface area (Å²) >= 11 is 0. The lowest BCUT2D eigenvalue weighted by Gasteiger charge is -2.05. The molecule has 2 heterocycles. The number of benzene rings is 1. The molecule has 3 aromatic rings. The first-order chi connectivity index (χ1) is 10.7. The van der Waals surface area contributed by atoms with Crippen LogP contribution >= 0.6 is 0 Å². The Morgan fingerprint density at radius 2 is 2.18 bits per heavy atom. The van der Waals surface area contributed by atoms with Crippen LogP contribution in [0.2, 0.25) is 0 Å². The molecule has 0 bridgehead atoms. The number of nitrogens with one attached hydrogen (secondary N) is 1. The van der Waals surface area contributed by atoms with E-state index in [1.807, 2.05) is 35.9 Å². The van der Waals surface area contributed by atoms with Crippen molar-refractivity contribution >= 4 is 16.9 Å². The molecule has 3 rings (SSSR count). The zero-order valence-corrected chi connectivity index (χ0v) is 12.2. The number of fused-ring (bicyclic) bond motifs is 1. The van der Waals surface area contributed by atoms with Gasteiger partial charge in [-0.2, -0.15) is 0 Å². The molecule has 0 unspecified atom stereocenters. The fraction of sp³-hybridized carbons (Fsp3) is 0.267. The molecule has 7 heteroatoms. The molecule has 112 valence electrons. The van der Waals surface area contributed by atoms with Gasteiger partial charge in [0.05, 0.1) is 11.8 Å². The van der Waals surface area contributed by atoms with Crippen molar-refractivity contribution in [1.82, 2.24) is 30.0 Å². The summed E-state index contributed by atoms with van der Waals surface area (Å²) in [5, 5.41) is 10.7. The Balaban J connectivity index is 1.59. The molecule has 0 radical (unpaired) electrons. The quantitative estimate of drug-likeness (QED) is 0.718. The smallest absolute Gasteiger partial charge is 0.291 e. The summed E-state index contributed by atoms with van der Waals surface area (Å²) in [4.78, 5) is 20.3. The first-order valence-corrected chi connectivity index (χ1v) is 7.07. The maximum atomic E-state index is 12.0. The Kier molecular flexibility index (Phi) is 4.04. The highest BCUT2D eigenvalue weighted by Gasteiger charge is 2.10. The third-order valence-corrected chi connectivity index (χ3v) is 3.25. The standard InChI is InChI=1S/C15H16N6O/c1-11-3-4-12-13(9-11)18-14(20-19-12)15(22)17-5-2-7-21-8-6-16-10-21/h3-4,6,8-10H,2,5,7H2,1H3,(H,17,22). The molecular weight excluding hydrogens is 280 g/mol. The number of aromatic nitrogens is 5. The van der Waals surface area contributed by atoms with Crippen molar-refractivity contribution in [2.45, 2.75) is 19.9 Å². The zero-order valence-electron chi connectivity index (χ0n) is 12.2. The Labute approximate surface area is 127 Å². The van der Waals surface area contributed by atoms with Gasteiger partial charge in [0.2, 0.25) is 5.82 Å². The SMILES string of the molecule is Cc1ccc2nnc(C(=O)NCCCn3ccnc3)nc2c1. The van der Waals surface area contributed by atoms with E-state index in [0.29, 0.717) is 17.6 Å². The molecular formula is C15H16N6O. The number of rotatable bonds is 5. The second-order valence-corrected chi connectivity index (χ2v) is 5.04. The second-order valence-electron chi connectivity index (χ2n) is 5.04. The molecule has 0 spiro atoms. The average molecular weight is 296 g/mol. The fourth-order valence-corrected chi connectivity index (χ4v) is 2.10. The lowest BCUT2D eigenvalue weighted by Crippen LogP contribution is -2.27. The minimum Gasteiger partial charge on any atom is -0.349 e. The number of carbonyl (C=O) groups excluding carboxylic acids is 1. The van der Waals surface area contributed by atoms with E-state index >= 15 is 0 Å². The minimum atomic E-state index is -0.304. The maximum absolute atomic E-state index is 12.0. The topological polar surface area (TPSA) is 85.6 Å². The van der Waals surface area contributed by atoms with Crippen LogP contribution in [-0.2, 0) is 6.54 Å². The summed E-state index contributed by atoms with van der Waals surface area (Å²) in [6, 6.07) is 5.67. The van der Waals surface area contributed by atoms with Crippen LogP contribution in [0.3, 0.4) is 0 Å². The van der Waals surface area contributed by atoms with E-state index in [4.69, 9.17) is 0 Å². The van der Waals surface area contributed by atoms with Crippen LogP contribution in [0.25, 0.3) is 11.0 Å². The first-order valence-electron chi connectivity index (χ1n) is 7.07. The number of amides is 1. The van der Waals surface area contributed by atoms with Crippen LogP contribution in [0.1, 0.15) is 22.6 Å². The van der Waals surface area contributed by atoms with Crippen molar-refractivity contribution in [1.29, 1.82) is 0 Å². The third kappa shape index (κ3) is 3.25. The van der Waals surface area contributed by atoms with Gasteiger partial charge >= 0.3 is 0 Å². The number of hydrogen-bond acceptors (Lipinski definition) is 5. The summed E-state index contributed by atoms with van der Waals surface area (Å²) in [7, 11) is 0. The Hall–Kier alpha value is -2.83. The highest BCUT2D eigenvalue weighted by atomic mass is 16.2. The van der Waals surface area contributed by atoms with Gasteiger partial charge in [0.15, 0.2) is 0 Å². The van der Waals surface area contributed by atoms with Gasteiger partial charge in [-0.05, 0) is 31.0 Å². The lowest BCUT2D eigenvalue weighted by atomic mass is 10.2. The molecule has 1 amide bonds. The van der Waals surface area contributed by atoms with Gasteiger partial charge in [-0.15, -0.1) is 10.2 Å². The summed E-state index contributed by atoms with van der Waals surface area (Å²) in [6.45, 7) is 3.32. The van der Waals surface area contributed by atoms with Gasteiger partial charge in [0.25, 0.3) is 5.91 Å². The maximum Gasteiger partial charge on any atom is 0.291 e. The summed E-state index contributed by atoms with van der Waals surface area (Å²) in [5.41, 5.74) is 2.43. The number of aryl methyl sites for hydroxylation is 2. The molecule has 1 aromatic carbocycles. The van der Waals surface area contributed by atoms with E-state index in [9.17, 15) is 4.79 Å². The van der Waals surface area contributed by atoms with Crippen molar-refractivity contribution < 1.29 is 4.79 Å². The molecule has 0 aliphatic heterocycles. The van der Waals surface area contributed by atoms with Crippen molar-refractivity contribution in [3.05, 3.63) is 48.3 Å². The highest BCUT2D eigenvalue weighted by Crippen LogP contribution is 2.10. The first kappa shape index (κ1) is 14.1. The van der Waals surface area contributed by atoms with Crippen LogP contribution in [0, 0.1) is 6.92 Å². The van der Waals surface area contributed by atoms with E-state index in [1.165, 1.54) is 0 Å². The molecule has 0 saturated carbocycles. The molecule has 0 saturated heterocycles. The number of carbonyl (C=O) groups is 1.